The van der Waals surface area contributed by atoms with Crippen LogP contribution in [0.2, 0.25) is 0 Å². The van der Waals surface area contributed by atoms with Crippen LogP contribution in [-0.4, -0.2) is 78.1 Å². The van der Waals surface area contributed by atoms with Gasteiger partial charge in [0.05, 0.1) is 12.6 Å². The molecule has 1 aliphatic heterocycles. The number of aliphatic carboxylic acids is 1. The Morgan fingerprint density at radius 2 is 1.83 bits per heavy atom. The van der Waals surface area contributed by atoms with Crippen molar-refractivity contribution < 1.29 is 46.9 Å². The van der Waals surface area contributed by atoms with Crippen molar-refractivity contribution in [1.82, 2.24) is 4.90 Å². The van der Waals surface area contributed by atoms with Crippen molar-refractivity contribution in [2.24, 2.45) is 5.41 Å². The van der Waals surface area contributed by atoms with Crippen molar-refractivity contribution in [2.75, 3.05) is 20.3 Å². The Bertz CT molecular complexity index is 682. The monoisotopic (exact) mass is 439 g/mol. The molecule has 1 saturated carbocycles. The number of rotatable bonds is 6. The van der Waals surface area contributed by atoms with E-state index >= 15 is 0 Å². The lowest BCUT2D eigenvalue weighted by Gasteiger charge is -2.44. The van der Waals surface area contributed by atoms with Crippen LogP contribution >= 0.6 is 0 Å². The van der Waals surface area contributed by atoms with Crippen LogP contribution in [-0.2, 0) is 28.6 Å². The first-order valence-corrected chi connectivity index (χ1v) is 9.70. The molecule has 0 aromatic heterocycles. The molecule has 0 bridgehead atoms. The molecule has 1 amide bonds. The molecular formula is C19H28F3NO7. The van der Waals surface area contributed by atoms with Crippen LogP contribution in [0.3, 0.4) is 0 Å². The van der Waals surface area contributed by atoms with E-state index in [9.17, 15) is 32.7 Å². The van der Waals surface area contributed by atoms with Crippen LogP contribution in [0.4, 0.5) is 13.2 Å². The smallest absolute Gasteiger partial charge is 0.471 e. The lowest BCUT2D eigenvalue weighted by Crippen LogP contribution is -2.59. The second-order valence-electron chi connectivity index (χ2n) is 8.30. The molecule has 1 aliphatic carbocycles. The molecule has 172 valence electrons. The summed E-state index contributed by atoms with van der Waals surface area (Å²) in [5, 5.41) is 9.96. The molecule has 1 N–H and O–H groups in total. The number of methoxy groups -OCH3 is 1. The molecule has 8 nitrogen and oxygen atoms in total. The zero-order valence-corrected chi connectivity index (χ0v) is 17.5. The first-order chi connectivity index (χ1) is 13.8. The first-order valence-electron chi connectivity index (χ1n) is 9.70. The van der Waals surface area contributed by atoms with E-state index in [1.54, 1.807) is 0 Å². The number of hydrogen-bond acceptors (Lipinski definition) is 6. The predicted octanol–water partition coefficient (Wildman–Crippen LogP) is 2.15. The minimum absolute atomic E-state index is 0.0204. The van der Waals surface area contributed by atoms with Gasteiger partial charge in [-0.05, 0) is 39.5 Å². The van der Waals surface area contributed by atoms with Crippen molar-refractivity contribution in [3.63, 3.8) is 0 Å². The Morgan fingerprint density at radius 3 is 2.33 bits per heavy atom. The second-order valence-corrected chi connectivity index (χ2v) is 8.30. The van der Waals surface area contributed by atoms with E-state index in [4.69, 9.17) is 14.2 Å². The van der Waals surface area contributed by atoms with E-state index in [1.165, 1.54) is 21.0 Å². The molecular weight excluding hydrogens is 411 g/mol. The third kappa shape index (κ3) is 4.56. The lowest BCUT2D eigenvalue weighted by atomic mass is 9.71. The van der Waals surface area contributed by atoms with E-state index in [0.29, 0.717) is 0 Å². The Kier molecular flexibility index (Phi) is 7.07. The SMILES string of the molecule is COC1COCCC1N(C(=O)C(F)(F)F)C1CCC(C(=O)O)(C(C)(C)OC(C)=O)C1. The molecule has 11 heteroatoms. The largest absolute Gasteiger partial charge is 0.481 e. The molecule has 1 saturated heterocycles. The predicted molar refractivity (Wildman–Crippen MR) is 96.5 cm³/mol. The van der Waals surface area contributed by atoms with E-state index in [0.717, 1.165) is 11.8 Å². The van der Waals surface area contributed by atoms with Gasteiger partial charge in [0.1, 0.15) is 17.1 Å². The summed E-state index contributed by atoms with van der Waals surface area (Å²) in [6.45, 7) is 4.16. The third-order valence-electron chi connectivity index (χ3n) is 6.25. The molecule has 4 atom stereocenters. The van der Waals surface area contributed by atoms with Gasteiger partial charge >= 0.3 is 24.0 Å². The number of halogens is 3. The van der Waals surface area contributed by atoms with Gasteiger partial charge in [0.15, 0.2) is 0 Å². The summed E-state index contributed by atoms with van der Waals surface area (Å²) in [6.07, 6.45) is -6.08. The number of carboxylic acids is 1. The van der Waals surface area contributed by atoms with Gasteiger partial charge in [0, 0.05) is 26.7 Å². The molecule has 0 aromatic carbocycles. The minimum atomic E-state index is -5.13. The highest BCUT2D eigenvalue weighted by molar-refractivity contribution is 5.83. The number of carbonyl (C=O) groups is 3. The average Bonchev–Trinajstić information content (AvgIpc) is 3.07. The van der Waals surface area contributed by atoms with Crippen molar-refractivity contribution in [2.45, 2.75) is 76.4 Å². The number of hydrogen-bond donors (Lipinski definition) is 1. The van der Waals surface area contributed by atoms with Gasteiger partial charge in [0.25, 0.3) is 0 Å². The summed E-state index contributed by atoms with van der Waals surface area (Å²) in [4.78, 5) is 36.8. The van der Waals surface area contributed by atoms with E-state index in [1.807, 2.05) is 0 Å². The molecule has 1 heterocycles. The van der Waals surface area contributed by atoms with Gasteiger partial charge in [-0.2, -0.15) is 13.2 Å². The van der Waals surface area contributed by atoms with E-state index < -0.39 is 53.2 Å². The molecule has 0 spiro atoms. The number of carboxylic acid groups (broad SMARTS) is 1. The number of ether oxygens (including phenoxy) is 3. The number of esters is 1. The van der Waals surface area contributed by atoms with Crippen molar-refractivity contribution >= 4 is 17.8 Å². The molecule has 4 unspecified atom stereocenters. The fraction of sp³-hybridized carbons (Fsp3) is 0.842. The van der Waals surface area contributed by atoms with Crippen LogP contribution in [0, 0.1) is 5.41 Å². The highest BCUT2D eigenvalue weighted by atomic mass is 19.4. The van der Waals surface area contributed by atoms with Gasteiger partial charge in [-0.15, -0.1) is 0 Å². The maximum atomic E-state index is 13.4. The van der Waals surface area contributed by atoms with Crippen LogP contribution in [0.15, 0.2) is 0 Å². The number of carbonyl (C=O) groups excluding carboxylic acids is 2. The van der Waals surface area contributed by atoms with Gasteiger partial charge in [-0.3, -0.25) is 14.4 Å². The Morgan fingerprint density at radius 1 is 1.20 bits per heavy atom. The normalized spacial score (nSPS) is 30.0. The first kappa shape index (κ1) is 24.4. The third-order valence-corrected chi connectivity index (χ3v) is 6.25. The molecule has 0 aromatic rings. The summed E-state index contributed by atoms with van der Waals surface area (Å²) in [5.41, 5.74) is -3.12. The summed E-state index contributed by atoms with van der Waals surface area (Å²) < 4.78 is 56.1. The summed E-state index contributed by atoms with van der Waals surface area (Å²) >= 11 is 0. The maximum absolute atomic E-state index is 13.4. The highest BCUT2D eigenvalue weighted by Crippen LogP contribution is 2.51. The van der Waals surface area contributed by atoms with Crippen molar-refractivity contribution in [3.8, 4) is 0 Å². The zero-order valence-electron chi connectivity index (χ0n) is 17.5. The van der Waals surface area contributed by atoms with Crippen LogP contribution < -0.4 is 0 Å². The number of amides is 1. The van der Waals surface area contributed by atoms with Crippen LogP contribution in [0.25, 0.3) is 0 Å². The summed E-state index contributed by atoms with van der Waals surface area (Å²) in [6, 6.07) is -1.92. The molecule has 0 radical (unpaired) electrons. The Balaban J connectivity index is 2.44. The van der Waals surface area contributed by atoms with Gasteiger partial charge in [-0.25, -0.2) is 0 Å². The number of alkyl halides is 3. The number of nitrogens with zero attached hydrogens (tertiary/aromatic N) is 1. The standard InChI is InChI=1S/C19H28F3NO7/c1-11(24)30-17(2,3)18(16(26)27)7-5-12(9-18)23(15(25)19(20,21)22)13-6-8-29-10-14(13)28-4/h12-14H,5-10H2,1-4H3,(H,26,27). The van der Waals surface area contributed by atoms with E-state index in [2.05, 4.69) is 0 Å². The van der Waals surface area contributed by atoms with Gasteiger partial charge in [-0.1, -0.05) is 0 Å². The Hall–Kier alpha value is -1.88. The van der Waals surface area contributed by atoms with Gasteiger partial charge < -0.3 is 24.2 Å². The van der Waals surface area contributed by atoms with Crippen molar-refractivity contribution in [1.29, 1.82) is 0 Å². The Labute approximate surface area is 172 Å². The fourth-order valence-corrected chi connectivity index (χ4v) is 4.69. The van der Waals surface area contributed by atoms with Crippen LogP contribution in [0.1, 0.15) is 46.5 Å². The quantitative estimate of drug-likeness (QED) is 0.633. The summed E-state index contributed by atoms with van der Waals surface area (Å²) in [7, 11) is 1.32. The molecule has 2 fully saturated rings. The lowest BCUT2D eigenvalue weighted by molar-refractivity contribution is -0.199. The van der Waals surface area contributed by atoms with Crippen LogP contribution in [0.5, 0.6) is 0 Å². The van der Waals surface area contributed by atoms with Crippen molar-refractivity contribution in [3.05, 3.63) is 0 Å². The minimum Gasteiger partial charge on any atom is -0.481 e. The molecule has 30 heavy (non-hydrogen) atoms. The fourth-order valence-electron chi connectivity index (χ4n) is 4.69. The van der Waals surface area contributed by atoms with E-state index in [-0.39, 0.29) is 38.9 Å². The van der Waals surface area contributed by atoms with Gasteiger partial charge in [0.2, 0.25) is 0 Å². The second kappa shape index (κ2) is 8.70. The maximum Gasteiger partial charge on any atom is 0.471 e. The molecule has 2 aliphatic rings. The highest BCUT2D eigenvalue weighted by Gasteiger charge is 2.61. The topological polar surface area (TPSA) is 102 Å². The zero-order chi connectivity index (χ0) is 22.9. The molecule has 2 rings (SSSR count). The summed E-state index contributed by atoms with van der Waals surface area (Å²) in [5.74, 6) is -4.02. The average molecular weight is 439 g/mol.